The van der Waals surface area contributed by atoms with Gasteiger partial charge in [0.1, 0.15) is 17.1 Å². The summed E-state index contributed by atoms with van der Waals surface area (Å²) < 4.78 is 11.2. The molecule has 1 N–H and O–H groups in total. The van der Waals surface area contributed by atoms with Crippen LogP contribution in [0, 0.1) is 0 Å². The van der Waals surface area contributed by atoms with Gasteiger partial charge in [-0.1, -0.05) is 60.7 Å². The highest BCUT2D eigenvalue weighted by molar-refractivity contribution is 6.02. The number of furan rings is 1. The molecular formula is C28H19NO4. The fourth-order valence-electron chi connectivity index (χ4n) is 3.57. The Morgan fingerprint density at radius 1 is 0.758 bits per heavy atom. The molecule has 0 saturated carbocycles. The SMILES string of the molecule is O=C(/C=C/c1ccc(-c2ccccc2)o1)Nc1cccc(-c2cc3ccccc3oc2=O)c1. The highest BCUT2D eigenvalue weighted by atomic mass is 16.4. The molecule has 160 valence electrons. The highest BCUT2D eigenvalue weighted by Gasteiger charge is 2.09. The normalized spacial score (nSPS) is 11.2. The van der Waals surface area contributed by atoms with E-state index in [-0.39, 0.29) is 5.91 Å². The minimum atomic E-state index is -0.427. The number of rotatable bonds is 5. The van der Waals surface area contributed by atoms with Gasteiger partial charge < -0.3 is 14.2 Å². The summed E-state index contributed by atoms with van der Waals surface area (Å²) in [5, 5.41) is 3.65. The van der Waals surface area contributed by atoms with Crippen LogP contribution in [0.2, 0.25) is 0 Å². The van der Waals surface area contributed by atoms with Crippen molar-refractivity contribution in [3.8, 4) is 22.5 Å². The fraction of sp³-hybridized carbons (Fsp3) is 0. The molecule has 5 rings (SSSR count). The zero-order valence-electron chi connectivity index (χ0n) is 17.5. The Bertz CT molecular complexity index is 1530. The number of benzene rings is 3. The molecular weight excluding hydrogens is 414 g/mol. The molecule has 0 aliphatic rings. The van der Waals surface area contributed by atoms with E-state index in [1.165, 1.54) is 6.08 Å². The first-order valence-electron chi connectivity index (χ1n) is 10.4. The molecule has 0 atom stereocenters. The van der Waals surface area contributed by atoms with E-state index < -0.39 is 5.63 Å². The van der Waals surface area contributed by atoms with E-state index in [9.17, 15) is 9.59 Å². The molecule has 0 aliphatic carbocycles. The van der Waals surface area contributed by atoms with Crippen molar-refractivity contribution < 1.29 is 13.6 Å². The number of amides is 1. The molecule has 0 radical (unpaired) electrons. The van der Waals surface area contributed by atoms with Gasteiger partial charge in [-0.3, -0.25) is 4.79 Å². The van der Waals surface area contributed by atoms with Crippen LogP contribution in [-0.2, 0) is 4.79 Å². The third kappa shape index (κ3) is 4.52. The van der Waals surface area contributed by atoms with Crippen molar-refractivity contribution in [1.82, 2.24) is 0 Å². The molecule has 0 aliphatic heterocycles. The summed E-state index contributed by atoms with van der Waals surface area (Å²) in [7, 11) is 0. The third-order valence-corrected chi connectivity index (χ3v) is 5.17. The second kappa shape index (κ2) is 8.85. The predicted molar refractivity (Wildman–Crippen MR) is 130 cm³/mol. The van der Waals surface area contributed by atoms with Gasteiger partial charge in [-0.15, -0.1) is 0 Å². The summed E-state index contributed by atoms with van der Waals surface area (Å²) in [5.74, 6) is 0.999. The van der Waals surface area contributed by atoms with Gasteiger partial charge >= 0.3 is 5.63 Å². The van der Waals surface area contributed by atoms with Crippen LogP contribution >= 0.6 is 0 Å². The first-order valence-corrected chi connectivity index (χ1v) is 10.4. The Hall–Kier alpha value is -4.64. The summed E-state index contributed by atoms with van der Waals surface area (Å²) in [6.07, 6.45) is 3.02. The van der Waals surface area contributed by atoms with Crippen LogP contribution in [0.4, 0.5) is 5.69 Å². The van der Waals surface area contributed by atoms with Crippen LogP contribution in [0.5, 0.6) is 0 Å². The van der Waals surface area contributed by atoms with Crippen molar-refractivity contribution in [2.75, 3.05) is 5.32 Å². The number of para-hydroxylation sites is 1. The average molecular weight is 433 g/mol. The Morgan fingerprint density at radius 2 is 1.55 bits per heavy atom. The number of hydrogen-bond donors (Lipinski definition) is 1. The zero-order chi connectivity index (χ0) is 22.6. The maximum atomic E-state index is 12.5. The first-order chi connectivity index (χ1) is 16.2. The van der Waals surface area contributed by atoms with Gasteiger partial charge in [-0.2, -0.15) is 0 Å². The first kappa shape index (κ1) is 20.3. The van der Waals surface area contributed by atoms with Crippen molar-refractivity contribution in [1.29, 1.82) is 0 Å². The van der Waals surface area contributed by atoms with Crippen molar-refractivity contribution in [2.45, 2.75) is 0 Å². The van der Waals surface area contributed by atoms with E-state index in [4.69, 9.17) is 8.83 Å². The molecule has 5 nitrogen and oxygen atoms in total. The predicted octanol–water partition coefficient (Wildman–Crippen LogP) is 6.37. The van der Waals surface area contributed by atoms with Crippen LogP contribution in [0.1, 0.15) is 5.76 Å². The van der Waals surface area contributed by atoms with E-state index in [0.717, 1.165) is 16.7 Å². The summed E-state index contributed by atoms with van der Waals surface area (Å²) in [4.78, 5) is 24.9. The molecule has 5 aromatic rings. The van der Waals surface area contributed by atoms with Crippen molar-refractivity contribution >= 4 is 28.6 Å². The number of hydrogen-bond acceptors (Lipinski definition) is 4. The summed E-state index contributed by atoms with van der Waals surface area (Å²) in [5.41, 5.74) is 2.74. The van der Waals surface area contributed by atoms with Crippen molar-refractivity contribution in [3.63, 3.8) is 0 Å². The van der Waals surface area contributed by atoms with Crippen LogP contribution in [-0.4, -0.2) is 5.91 Å². The van der Waals surface area contributed by atoms with E-state index in [1.807, 2.05) is 60.7 Å². The number of nitrogens with one attached hydrogen (secondary N) is 1. The molecule has 0 unspecified atom stereocenters. The zero-order valence-corrected chi connectivity index (χ0v) is 17.5. The molecule has 0 fully saturated rings. The van der Waals surface area contributed by atoms with Gasteiger partial charge in [0.05, 0.1) is 5.56 Å². The molecule has 3 aromatic carbocycles. The second-order valence-corrected chi connectivity index (χ2v) is 7.46. The van der Waals surface area contributed by atoms with E-state index in [1.54, 1.807) is 42.5 Å². The van der Waals surface area contributed by atoms with Crippen molar-refractivity contribution in [2.24, 2.45) is 0 Å². The fourth-order valence-corrected chi connectivity index (χ4v) is 3.57. The lowest BCUT2D eigenvalue weighted by molar-refractivity contribution is -0.111. The summed E-state index contributed by atoms with van der Waals surface area (Å²) >= 11 is 0. The van der Waals surface area contributed by atoms with Gasteiger partial charge in [0.15, 0.2) is 0 Å². The Kier molecular flexibility index (Phi) is 5.43. The van der Waals surface area contributed by atoms with Gasteiger partial charge in [-0.05, 0) is 48.0 Å². The molecule has 2 heterocycles. The van der Waals surface area contributed by atoms with Crippen LogP contribution in [0.15, 0.2) is 117 Å². The van der Waals surface area contributed by atoms with Gasteiger partial charge in [0.2, 0.25) is 5.91 Å². The number of anilines is 1. The second-order valence-electron chi connectivity index (χ2n) is 7.46. The lowest BCUT2D eigenvalue weighted by atomic mass is 10.1. The Morgan fingerprint density at radius 3 is 2.42 bits per heavy atom. The smallest absolute Gasteiger partial charge is 0.344 e. The molecule has 5 heteroatoms. The number of fused-ring (bicyclic) bond motifs is 1. The number of carbonyl (C=O) groups excluding carboxylic acids is 1. The standard InChI is InChI=1S/C28H19NO4/c30-27(16-14-23-13-15-26(32-23)19-7-2-1-3-8-19)29-22-11-6-10-20(17-22)24-18-21-9-4-5-12-25(21)33-28(24)31/h1-18H,(H,29,30)/b16-14+. The van der Waals surface area contributed by atoms with Crippen LogP contribution in [0.25, 0.3) is 39.5 Å². The van der Waals surface area contributed by atoms with Crippen molar-refractivity contribution in [3.05, 3.63) is 119 Å². The van der Waals surface area contributed by atoms with Crippen LogP contribution < -0.4 is 10.9 Å². The maximum absolute atomic E-state index is 12.5. The summed E-state index contributed by atoms with van der Waals surface area (Å²) in [6, 6.07) is 29.7. The minimum absolute atomic E-state index is 0.310. The molecule has 2 aromatic heterocycles. The molecule has 0 spiro atoms. The average Bonchev–Trinajstić information content (AvgIpc) is 3.32. The molecule has 0 bridgehead atoms. The Balaban J connectivity index is 1.32. The highest BCUT2D eigenvalue weighted by Crippen LogP contribution is 2.24. The Labute approximate surface area is 189 Å². The topological polar surface area (TPSA) is 72.5 Å². The van der Waals surface area contributed by atoms with E-state index in [2.05, 4.69) is 5.32 Å². The third-order valence-electron chi connectivity index (χ3n) is 5.17. The molecule has 1 amide bonds. The lowest BCUT2D eigenvalue weighted by Gasteiger charge is -2.06. The minimum Gasteiger partial charge on any atom is -0.457 e. The van der Waals surface area contributed by atoms with E-state index in [0.29, 0.717) is 28.2 Å². The van der Waals surface area contributed by atoms with Crippen LogP contribution in [0.3, 0.4) is 0 Å². The lowest BCUT2D eigenvalue weighted by Crippen LogP contribution is -2.08. The van der Waals surface area contributed by atoms with Gasteiger partial charge in [0, 0.05) is 22.7 Å². The number of carbonyl (C=O) groups is 1. The maximum Gasteiger partial charge on any atom is 0.344 e. The molecule has 0 saturated heterocycles. The van der Waals surface area contributed by atoms with Gasteiger partial charge in [0.25, 0.3) is 0 Å². The largest absolute Gasteiger partial charge is 0.457 e. The summed E-state index contributed by atoms with van der Waals surface area (Å²) in [6.45, 7) is 0. The van der Waals surface area contributed by atoms with Gasteiger partial charge in [-0.25, -0.2) is 4.79 Å². The molecule has 33 heavy (non-hydrogen) atoms. The van der Waals surface area contributed by atoms with E-state index >= 15 is 0 Å². The quantitative estimate of drug-likeness (QED) is 0.258. The monoisotopic (exact) mass is 433 g/mol.